The Hall–Kier alpha value is -2.37. The Kier molecular flexibility index (Phi) is 6.14. The largest absolute Gasteiger partial charge is 0.427 e. The van der Waals surface area contributed by atoms with Crippen LogP contribution in [0.4, 0.5) is 0 Å². The van der Waals surface area contributed by atoms with E-state index >= 15 is 0 Å². The molecule has 27 heavy (non-hydrogen) atoms. The van der Waals surface area contributed by atoms with Gasteiger partial charge in [-0.05, 0) is 55.7 Å². The molecule has 0 aliphatic carbocycles. The monoisotopic (exact) mass is 371 g/mol. The zero-order chi connectivity index (χ0) is 19.4. The van der Waals surface area contributed by atoms with E-state index in [1.807, 2.05) is 29.9 Å². The first kappa shape index (κ1) is 19.4. The lowest BCUT2D eigenvalue weighted by molar-refractivity contribution is 0.0675. The molecule has 0 aromatic carbocycles. The van der Waals surface area contributed by atoms with E-state index < -0.39 is 5.63 Å². The molecule has 3 rings (SSSR count). The maximum absolute atomic E-state index is 12.9. The number of amides is 1. The Morgan fingerprint density at radius 3 is 2.67 bits per heavy atom. The summed E-state index contributed by atoms with van der Waals surface area (Å²) in [6.45, 7) is 8.31. The van der Waals surface area contributed by atoms with Gasteiger partial charge in [0.15, 0.2) is 0 Å². The van der Waals surface area contributed by atoms with Crippen LogP contribution in [-0.2, 0) is 13.0 Å². The SMILES string of the molecule is Cc1cc(CCC(C)C)oc(=O)c1C(=O)N1CCC(Cn2cccn2)CC1. The van der Waals surface area contributed by atoms with Gasteiger partial charge < -0.3 is 9.32 Å². The van der Waals surface area contributed by atoms with Crippen molar-refractivity contribution in [3.05, 3.63) is 51.8 Å². The summed E-state index contributed by atoms with van der Waals surface area (Å²) >= 11 is 0. The predicted octanol–water partition coefficient (Wildman–Crippen LogP) is 3.29. The fourth-order valence-electron chi connectivity index (χ4n) is 3.63. The molecule has 0 N–H and O–H groups in total. The van der Waals surface area contributed by atoms with E-state index in [1.165, 1.54) is 0 Å². The number of piperidine rings is 1. The summed E-state index contributed by atoms with van der Waals surface area (Å²) in [4.78, 5) is 27.1. The van der Waals surface area contributed by atoms with Gasteiger partial charge in [-0.25, -0.2) is 4.79 Å². The first-order valence-electron chi connectivity index (χ1n) is 9.84. The summed E-state index contributed by atoms with van der Waals surface area (Å²) < 4.78 is 7.37. The molecule has 0 atom stereocenters. The lowest BCUT2D eigenvalue weighted by Gasteiger charge is -2.32. The van der Waals surface area contributed by atoms with E-state index in [9.17, 15) is 9.59 Å². The molecule has 1 amide bonds. The van der Waals surface area contributed by atoms with Crippen LogP contribution in [0, 0.1) is 18.8 Å². The molecule has 1 saturated heterocycles. The van der Waals surface area contributed by atoms with E-state index in [0.717, 1.165) is 32.2 Å². The molecule has 146 valence electrons. The number of carbonyl (C=O) groups is 1. The Bertz CT molecular complexity index is 816. The molecular formula is C21H29N3O3. The van der Waals surface area contributed by atoms with Crippen molar-refractivity contribution in [1.82, 2.24) is 14.7 Å². The van der Waals surface area contributed by atoms with Crippen LogP contribution < -0.4 is 5.63 Å². The number of likely N-dealkylation sites (tertiary alicyclic amines) is 1. The van der Waals surface area contributed by atoms with Crippen LogP contribution in [-0.4, -0.2) is 33.7 Å². The average Bonchev–Trinajstić information content (AvgIpc) is 3.13. The summed E-state index contributed by atoms with van der Waals surface area (Å²) in [6.07, 6.45) is 7.27. The third-order valence-corrected chi connectivity index (χ3v) is 5.29. The summed E-state index contributed by atoms with van der Waals surface area (Å²) in [6, 6.07) is 3.77. The minimum Gasteiger partial charge on any atom is -0.427 e. The lowest BCUT2D eigenvalue weighted by Crippen LogP contribution is -2.41. The van der Waals surface area contributed by atoms with Gasteiger partial charge in [0.2, 0.25) is 0 Å². The summed E-state index contributed by atoms with van der Waals surface area (Å²) in [5.74, 6) is 1.51. The molecule has 3 heterocycles. The first-order valence-corrected chi connectivity index (χ1v) is 9.84. The second-order valence-electron chi connectivity index (χ2n) is 7.95. The minimum absolute atomic E-state index is 0.189. The minimum atomic E-state index is -0.502. The number of carbonyl (C=O) groups excluding carboxylic acids is 1. The van der Waals surface area contributed by atoms with Gasteiger partial charge in [0.05, 0.1) is 0 Å². The molecule has 6 heteroatoms. The standard InChI is InChI=1S/C21H29N3O3/c1-15(2)5-6-18-13-16(3)19(21(26)27-18)20(25)23-11-7-17(8-12-23)14-24-10-4-9-22-24/h4,9-10,13,15,17H,5-8,11-12,14H2,1-3H3. The van der Waals surface area contributed by atoms with Crippen LogP contribution in [0.1, 0.15) is 54.8 Å². The quantitative estimate of drug-likeness (QED) is 0.781. The van der Waals surface area contributed by atoms with E-state index in [-0.39, 0.29) is 11.5 Å². The third kappa shape index (κ3) is 4.87. The van der Waals surface area contributed by atoms with Gasteiger partial charge in [0.25, 0.3) is 5.91 Å². The fourth-order valence-corrected chi connectivity index (χ4v) is 3.63. The second-order valence-corrected chi connectivity index (χ2v) is 7.95. The number of rotatable bonds is 6. The van der Waals surface area contributed by atoms with Crippen molar-refractivity contribution < 1.29 is 9.21 Å². The van der Waals surface area contributed by atoms with Crippen molar-refractivity contribution in [2.75, 3.05) is 13.1 Å². The predicted molar refractivity (Wildman–Crippen MR) is 104 cm³/mol. The molecule has 0 unspecified atom stereocenters. The number of aromatic nitrogens is 2. The van der Waals surface area contributed by atoms with Crippen molar-refractivity contribution in [1.29, 1.82) is 0 Å². The topological polar surface area (TPSA) is 68.3 Å². The van der Waals surface area contributed by atoms with Gasteiger partial charge in [-0.1, -0.05) is 13.8 Å². The first-order chi connectivity index (χ1) is 12.9. The average molecular weight is 371 g/mol. The number of nitrogens with zero attached hydrogens (tertiary/aromatic N) is 3. The molecule has 0 spiro atoms. The lowest BCUT2D eigenvalue weighted by atomic mass is 9.96. The number of aryl methyl sites for hydroxylation is 2. The van der Waals surface area contributed by atoms with Crippen LogP contribution in [0.2, 0.25) is 0 Å². The van der Waals surface area contributed by atoms with E-state index in [2.05, 4.69) is 18.9 Å². The van der Waals surface area contributed by atoms with Gasteiger partial charge in [-0.15, -0.1) is 0 Å². The van der Waals surface area contributed by atoms with Crippen LogP contribution >= 0.6 is 0 Å². The van der Waals surface area contributed by atoms with Crippen LogP contribution in [0.5, 0.6) is 0 Å². The smallest absolute Gasteiger partial charge is 0.349 e. The van der Waals surface area contributed by atoms with Crippen LogP contribution in [0.3, 0.4) is 0 Å². The third-order valence-electron chi connectivity index (χ3n) is 5.29. The zero-order valence-electron chi connectivity index (χ0n) is 16.5. The molecular weight excluding hydrogens is 342 g/mol. The maximum atomic E-state index is 12.9. The highest BCUT2D eigenvalue weighted by molar-refractivity contribution is 5.95. The summed E-state index contributed by atoms with van der Waals surface area (Å²) in [7, 11) is 0. The van der Waals surface area contributed by atoms with E-state index in [4.69, 9.17) is 4.42 Å². The molecule has 2 aromatic rings. The zero-order valence-corrected chi connectivity index (χ0v) is 16.5. The van der Waals surface area contributed by atoms with Crippen LogP contribution in [0.15, 0.2) is 33.7 Å². The Balaban J connectivity index is 1.63. The molecule has 6 nitrogen and oxygen atoms in total. The van der Waals surface area contributed by atoms with Gasteiger partial charge in [0, 0.05) is 38.4 Å². The summed E-state index contributed by atoms with van der Waals surface area (Å²) in [5.41, 5.74) is 0.403. The second kappa shape index (κ2) is 8.55. The fraction of sp³-hybridized carbons (Fsp3) is 0.571. The molecule has 0 saturated carbocycles. The number of hydrogen-bond donors (Lipinski definition) is 0. The van der Waals surface area contributed by atoms with Crippen LogP contribution in [0.25, 0.3) is 0 Å². The number of hydrogen-bond acceptors (Lipinski definition) is 4. The van der Waals surface area contributed by atoms with E-state index in [1.54, 1.807) is 11.1 Å². The molecule has 1 aliphatic rings. The molecule has 1 aliphatic heterocycles. The summed E-state index contributed by atoms with van der Waals surface area (Å²) in [5, 5.41) is 4.25. The Morgan fingerprint density at radius 1 is 1.33 bits per heavy atom. The van der Waals surface area contributed by atoms with Crippen molar-refractivity contribution in [2.24, 2.45) is 11.8 Å². The highest BCUT2D eigenvalue weighted by Gasteiger charge is 2.27. The Morgan fingerprint density at radius 2 is 2.07 bits per heavy atom. The van der Waals surface area contributed by atoms with Crippen molar-refractivity contribution >= 4 is 5.91 Å². The van der Waals surface area contributed by atoms with Crippen molar-refractivity contribution in [3.8, 4) is 0 Å². The van der Waals surface area contributed by atoms with Gasteiger partial charge in [0.1, 0.15) is 11.3 Å². The molecule has 1 fully saturated rings. The van der Waals surface area contributed by atoms with Gasteiger partial charge in [-0.3, -0.25) is 9.48 Å². The maximum Gasteiger partial charge on any atom is 0.349 e. The van der Waals surface area contributed by atoms with Crippen molar-refractivity contribution in [2.45, 2.75) is 53.0 Å². The highest BCUT2D eigenvalue weighted by atomic mass is 16.4. The molecule has 0 bridgehead atoms. The molecule has 0 radical (unpaired) electrons. The Labute approximate surface area is 160 Å². The normalized spacial score (nSPS) is 15.5. The van der Waals surface area contributed by atoms with Gasteiger partial charge in [-0.2, -0.15) is 5.10 Å². The molecule has 2 aromatic heterocycles. The van der Waals surface area contributed by atoms with Gasteiger partial charge >= 0.3 is 5.63 Å². The van der Waals surface area contributed by atoms with Crippen molar-refractivity contribution in [3.63, 3.8) is 0 Å². The highest BCUT2D eigenvalue weighted by Crippen LogP contribution is 2.21. The van der Waals surface area contributed by atoms with E-state index in [0.29, 0.717) is 36.2 Å².